The number of hydrogen-bond donors (Lipinski definition) is 1. The second kappa shape index (κ2) is 6.68. The molecule has 0 amide bonds. The summed E-state index contributed by atoms with van der Waals surface area (Å²) in [5.41, 5.74) is 1.04. The van der Waals surface area contributed by atoms with Gasteiger partial charge in [-0.25, -0.2) is 0 Å². The third-order valence-electron chi connectivity index (χ3n) is 2.63. The average molecular weight is 330 g/mol. The van der Waals surface area contributed by atoms with Gasteiger partial charge in [0.15, 0.2) is 0 Å². The summed E-state index contributed by atoms with van der Waals surface area (Å²) in [6, 6.07) is 2.97. The Labute approximate surface area is 120 Å². The molecule has 0 saturated heterocycles. The van der Waals surface area contributed by atoms with Gasteiger partial charge in [-0.1, -0.05) is 29.4 Å². The van der Waals surface area contributed by atoms with Gasteiger partial charge in [-0.15, -0.1) is 0 Å². The molecule has 104 valence electrons. The Balaban J connectivity index is 3.23. The number of aliphatic hydroxyl groups excluding tert-OH is 1. The Morgan fingerprint density at radius 3 is 2.74 bits per heavy atom. The smallest absolute Gasteiger partial charge is 0.312 e. The Morgan fingerprint density at radius 2 is 2.26 bits per heavy atom. The van der Waals surface area contributed by atoms with E-state index >= 15 is 0 Å². The molecule has 1 aromatic rings. The second-order valence-electron chi connectivity index (χ2n) is 4.17. The van der Waals surface area contributed by atoms with Gasteiger partial charge < -0.3 is 9.84 Å². The van der Waals surface area contributed by atoms with E-state index in [2.05, 4.69) is 22.5 Å². The molecule has 0 fully saturated rings. The molecule has 6 heteroatoms. The van der Waals surface area contributed by atoms with E-state index in [-0.39, 0.29) is 18.0 Å². The van der Waals surface area contributed by atoms with Crippen LogP contribution in [0.4, 0.5) is 5.69 Å². The third-order valence-corrected chi connectivity index (χ3v) is 3.09. The number of rotatable bonds is 6. The number of ether oxygens (including phenoxy) is 1. The highest BCUT2D eigenvalue weighted by atomic mass is 79.9. The van der Waals surface area contributed by atoms with Gasteiger partial charge in [-0.2, -0.15) is 0 Å². The van der Waals surface area contributed by atoms with Crippen LogP contribution in [-0.2, 0) is 0 Å². The first kappa shape index (κ1) is 15.7. The van der Waals surface area contributed by atoms with Crippen LogP contribution in [0.1, 0.15) is 31.9 Å². The average Bonchev–Trinajstić information content (AvgIpc) is 2.35. The Hall–Kier alpha value is -1.40. The third kappa shape index (κ3) is 4.04. The minimum absolute atomic E-state index is 0.0952. The second-order valence-corrected chi connectivity index (χ2v) is 5.08. The summed E-state index contributed by atoms with van der Waals surface area (Å²) in [7, 11) is 0. The molecule has 0 heterocycles. The van der Waals surface area contributed by atoms with Crippen LogP contribution in [0.3, 0.4) is 0 Å². The summed E-state index contributed by atoms with van der Waals surface area (Å²) in [5.74, 6) is 0.0952. The fourth-order valence-corrected chi connectivity index (χ4v) is 1.94. The lowest BCUT2D eigenvalue weighted by Crippen LogP contribution is -2.06. The molecule has 1 atom stereocenters. The molecule has 0 spiro atoms. The normalized spacial score (nSPS) is 12.0. The molecule has 0 aliphatic rings. The van der Waals surface area contributed by atoms with Crippen molar-refractivity contribution in [1.82, 2.24) is 0 Å². The molecule has 0 unspecified atom stereocenters. The van der Waals surface area contributed by atoms with Gasteiger partial charge in [-0.3, -0.25) is 10.1 Å². The number of hydrogen-bond acceptors (Lipinski definition) is 4. The number of nitro benzene ring substituents is 1. The fourth-order valence-electron chi connectivity index (χ4n) is 1.48. The van der Waals surface area contributed by atoms with Crippen molar-refractivity contribution in [1.29, 1.82) is 0 Å². The number of aliphatic hydroxyl groups is 1. The van der Waals surface area contributed by atoms with E-state index in [9.17, 15) is 15.2 Å². The van der Waals surface area contributed by atoms with Crippen molar-refractivity contribution in [2.45, 2.75) is 26.4 Å². The van der Waals surface area contributed by atoms with Gasteiger partial charge >= 0.3 is 5.69 Å². The lowest BCUT2D eigenvalue weighted by molar-refractivity contribution is -0.386. The highest BCUT2D eigenvalue weighted by molar-refractivity contribution is 9.10. The molecule has 0 aromatic heterocycles. The first-order chi connectivity index (χ1) is 8.86. The van der Waals surface area contributed by atoms with Crippen molar-refractivity contribution >= 4 is 21.6 Å². The van der Waals surface area contributed by atoms with Gasteiger partial charge in [0.25, 0.3) is 0 Å². The number of nitro groups is 1. The van der Waals surface area contributed by atoms with Gasteiger partial charge in [-0.05, 0) is 25.0 Å². The molecule has 5 nitrogen and oxygen atoms in total. The maximum atomic E-state index is 11.1. The zero-order valence-electron chi connectivity index (χ0n) is 10.9. The van der Waals surface area contributed by atoms with Crippen LogP contribution in [0.2, 0.25) is 0 Å². The van der Waals surface area contributed by atoms with E-state index < -0.39 is 11.0 Å². The van der Waals surface area contributed by atoms with Crippen LogP contribution < -0.4 is 4.74 Å². The van der Waals surface area contributed by atoms with Gasteiger partial charge in [0.2, 0.25) is 5.75 Å². The van der Waals surface area contributed by atoms with Crippen molar-refractivity contribution in [2.24, 2.45) is 0 Å². The van der Waals surface area contributed by atoms with Gasteiger partial charge in [0, 0.05) is 16.1 Å². The highest BCUT2D eigenvalue weighted by Gasteiger charge is 2.23. The lowest BCUT2D eigenvalue weighted by Gasteiger charge is -2.14. The zero-order valence-corrected chi connectivity index (χ0v) is 12.4. The first-order valence-corrected chi connectivity index (χ1v) is 6.61. The highest BCUT2D eigenvalue weighted by Crippen LogP contribution is 2.38. The molecule has 0 saturated carbocycles. The van der Waals surface area contributed by atoms with Crippen molar-refractivity contribution in [3.8, 4) is 5.75 Å². The summed E-state index contributed by atoms with van der Waals surface area (Å²) < 4.78 is 6.00. The van der Waals surface area contributed by atoms with E-state index in [0.29, 0.717) is 10.0 Å². The van der Waals surface area contributed by atoms with Crippen molar-refractivity contribution in [2.75, 3.05) is 6.61 Å². The van der Waals surface area contributed by atoms with E-state index in [1.165, 1.54) is 13.0 Å². The maximum Gasteiger partial charge on any atom is 0.312 e. The Bertz CT molecular complexity index is 500. The molecular formula is C13H16BrNO4. The van der Waals surface area contributed by atoms with E-state index in [1.807, 2.05) is 6.92 Å². The molecule has 19 heavy (non-hydrogen) atoms. The molecule has 1 rings (SSSR count). The van der Waals surface area contributed by atoms with E-state index in [0.717, 1.165) is 12.0 Å². The zero-order chi connectivity index (χ0) is 14.6. The predicted molar refractivity (Wildman–Crippen MR) is 76.4 cm³/mol. The molecule has 0 radical (unpaired) electrons. The number of halogens is 1. The molecule has 0 bridgehead atoms. The fraction of sp³-hybridized carbons (Fsp3) is 0.385. The summed E-state index contributed by atoms with van der Waals surface area (Å²) in [6.07, 6.45) is -0.130. The summed E-state index contributed by atoms with van der Waals surface area (Å²) in [4.78, 5) is 10.5. The maximum absolute atomic E-state index is 11.1. The summed E-state index contributed by atoms with van der Waals surface area (Å²) in [5, 5.41) is 20.8. The molecule has 1 N–H and O–H groups in total. The van der Waals surface area contributed by atoms with Crippen LogP contribution in [0.25, 0.3) is 0 Å². The minimum atomic E-state index is -0.860. The lowest BCUT2D eigenvalue weighted by atomic mass is 10.1. The molecule has 0 aliphatic carbocycles. The molecular weight excluding hydrogens is 314 g/mol. The van der Waals surface area contributed by atoms with E-state index in [4.69, 9.17) is 4.74 Å². The summed E-state index contributed by atoms with van der Waals surface area (Å²) >= 11 is 3.19. The Morgan fingerprint density at radius 1 is 1.63 bits per heavy atom. The minimum Gasteiger partial charge on any atom is -0.482 e. The van der Waals surface area contributed by atoms with Crippen LogP contribution in [0.15, 0.2) is 28.8 Å². The van der Waals surface area contributed by atoms with Crippen LogP contribution in [0, 0.1) is 10.1 Å². The number of benzene rings is 1. The Kier molecular flexibility index (Phi) is 5.50. The van der Waals surface area contributed by atoms with Crippen LogP contribution >= 0.6 is 15.9 Å². The summed E-state index contributed by atoms with van der Waals surface area (Å²) in [6.45, 7) is 7.44. The van der Waals surface area contributed by atoms with Crippen LogP contribution in [0.5, 0.6) is 5.75 Å². The monoisotopic (exact) mass is 329 g/mol. The first-order valence-electron chi connectivity index (χ1n) is 5.82. The van der Waals surface area contributed by atoms with Crippen molar-refractivity contribution in [3.05, 3.63) is 44.4 Å². The van der Waals surface area contributed by atoms with Gasteiger partial charge in [0.05, 0.1) is 11.0 Å². The van der Waals surface area contributed by atoms with Crippen molar-refractivity contribution in [3.63, 3.8) is 0 Å². The largest absolute Gasteiger partial charge is 0.482 e. The van der Waals surface area contributed by atoms with E-state index in [1.54, 1.807) is 6.07 Å². The topological polar surface area (TPSA) is 72.6 Å². The molecule has 0 aliphatic heterocycles. The van der Waals surface area contributed by atoms with Crippen molar-refractivity contribution < 1.29 is 14.8 Å². The predicted octanol–water partition coefficient (Wildman–Crippen LogP) is 3.76. The van der Waals surface area contributed by atoms with Gasteiger partial charge in [0.1, 0.15) is 6.61 Å². The standard InChI is InChI=1S/C13H16BrNO4/c1-4-8(2)7-19-13-11(9(3)16)5-10(14)6-12(13)15(17)18/h5-6,9,16H,2,4,7H2,1,3H3/t9-/m1/s1. The number of nitrogens with zero attached hydrogens (tertiary/aromatic N) is 1. The van der Waals surface area contributed by atoms with Crippen LogP contribution in [-0.4, -0.2) is 16.6 Å². The quantitative estimate of drug-likeness (QED) is 0.490. The SMILES string of the molecule is C=C(CC)COc1c([C@@H](C)O)cc(Br)cc1[N+](=O)[O-]. The molecule has 1 aromatic carbocycles.